The van der Waals surface area contributed by atoms with Crippen LogP contribution in [0.1, 0.15) is 51.5 Å². The Kier molecular flexibility index (Phi) is 3.93. The molecule has 1 aliphatic rings. The molecule has 2 nitrogen and oxygen atoms in total. The van der Waals surface area contributed by atoms with Gasteiger partial charge in [0.05, 0.1) is 18.6 Å². The Morgan fingerprint density at radius 1 is 1.35 bits per heavy atom. The topological polar surface area (TPSA) is 33.4 Å². The van der Waals surface area contributed by atoms with Crippen molar-refractivity contribution < 1.29 is 9.52 Å². The summed E-state index contributed by atoms with van der Waals surface area (Å²) in [5, 5.41) is 10.6. The Morgan fingerprint density at radius 2 is 2.06 bits per heavy atom. The minimum Gasteiger partial charge on any atom is -0.472 e. The summed E-state index contributed by atoms with van der Waals surface area (Å²) in [6, 6.07) is 1.96. The summed E-state index contributed by atoms with van der Waals surface area (Å²) in [6.07, 6.45) is 10.0. The van der Waals surface area contributed by atoms with Crippen molar-refractivity contribution in [2.75, 3.05) is 0 Å². The van der Waals surface area contributed by atoms with Gasteiger partial charge >= 0.3 is 0 Å². The van der Waals surface area contributed by atoms with Crippen LogP contribution in [0.4, 0.5) is 0 Å². The molecule has 0 spiro atoms. The molecule has 2 rings (SSSR count). The highest BCUT2D eigenvalue weighted by Crippen LogP contribution is 2.46. The van der Waals surface area contributed by atoms with Crippen molar-refractivity contribution >= 4 is 0 Å². The van der Waals surface area contributed by atoms with Gasteiger partial charge in [-0.15, -0.1) is 0 Å². The highest BCUT2D eigenvalue weighted by atomic mass is 16.3. The molecule has 1 atom stereocenters. The number of hydrogen-bond donors (Lipinski definition) is 1. The third kappa shape index (κ3) is 2.92. The SMILES string of the molecule is CC(C)CC1(C(O)Cc2ccoc2)CCCC1. The molecule has 1 aliphatic carbocycles. The molecule has 0 aliphatic heterocycles. The zero-order valence-corrected chi connectivity index (χ0v) is 11.0. The molecular formula is C15H24O2. The maximum Gasteiger partial charge on any atom is 0.0935 e. The van der Waals surface area contributed by atoms with Crippen molar-refractivity contribution in [1.82, 2.24) is 0 Å². The van der Waals surface area contributed by atoms with Crippen molar-refractivity contribution in [3.8, 4) is 0 Å². The molecule has 1 heterocycles. The second-order valence-electron chi connectivity index (χ2n) is 6.02. The van der Waals surface area contributed by atoms with E-state index < -0.39 is 0 Å². The summed E-state index contributed by atoms with van der Waals surface area (Å²) in [4.78, 5) is 0. The molecule has 1 fully saturated rings. The predicted molar refractivity (Wildman–Crippen MR) is 68.8 cm³/mol. The molecule has 96 valence electrons. The normalized spacial score (nSPS) is 20.9. The lowest BCUT2D eigenvalue weighted by molar-refractivity contribution is 0.0133. The number of furan rings is 1. The van der Waals surface area contributed by atoms with Gasteiger partial charge in [0, 0.05) is 6.42 Å². The zero-order valence-electron chi connectivity index (χ0n) is 11.0. The second-order valence-corrected chi connectivity index (χ2v) is 6.02. The van der Waals surface area contributed by atoms with E-state index in [9.17, 15) is 5.11 Å². The van der Waals surface area contributed by atoms with Gasteiger partial charge in [0.2, 0.25) is 0 Å². The van der Waals surface area contributed by atoms with Gasteiger partial charge in [-0.25, -0.2) is 0 Å². The van der Waals surface area contributed by atoms with Gasteiger partial charge in [0.15, 0.2) is 0 Å². The maximum absolute atomic E-state index is 10.6. The molecule has 17 heavy (non-hydrogen) atoms. The van der Waals surface area contributed by atoms with Crippen LogP contribution in [-0.2, 0) is 6.42 Å². The van der Waals surface area contributed by atoms with Crippen LogP contribution in [0.15, 0.2) is 23.0 Å². The molecule has 1 aromatic heterocycles. The average Bonchev–Trinajstić information content (AvgIpc) is 2.88. The van der Waals surface area contributed by atoms with Crippen molar-refractivity contribution in [2.24, 2.45) is 11.3 Å². The molecule has 1 unspecified atom stereocenters. The summed E-state index contributed by atoms with van der Waals surface area (Å²) >= 11 is 0. The molecule has 0 aromatic carbocycles. The van der Waals surface area contributed by atoms with Crippen LogP contribution in [0.25, 0.3) is 0 Å². The van der Waals surface area contributed by atoms with Crippen LogP contribution >= 0.6 is 0 Å². The standard InChI is InChI=1S/C15H24O2/c1-12(2)10-15(6-3-4-7-15)14(16)9-13-5-8-17-11-13/h5,8,11-12,14,16H,3-4,6-7,9-10H2,1-2H3. The van der Waals surface area contributed by atoms with E-state index in [1.54, 1.807) is 12.5 Å². The lowest BCUT2D eigenvalue weighted by Crippen LogP contribution is -2.35. The number of hydrogen-bond acceptors (Lipinski definition) is 2. The second kappa shape index (κ2) is 5.26. The molecule has 0 bridgehead atoms. The first-order valence-electron chi connectivity index (χ1n) is 6.81. The molecular weight excluding hydrogens is 212 g/mol. The zero-order chi connectivity index (χ0) is 12.3. The lowest BCUT2D eigenvalue weighted by Gasteiger charge is -2.36. The molecule has 1 aromatic rings. The first kappa shape index (κ1) is 12.7. The van der Waals surface area contributed by atoms with Crippen LogP contribution in [0.2, 0.25) is 0 Å². The van der Waals surface area contributed by atoms with Crippen molar-refractivity contribution in [3.63, 3.8) is 0 Å². The number of aliphatic hydroxyl groups excluding tert-OH is 1. The monoisotopic (exact) mass is 236 g/mol. The Labute approximate surface area is 104 Å². The quantitative estimate of drug-likeness (QED) is 0.843. The van der Waals surface area contributed by atoms with Crippen LogP contribution in [0.5, 0.6) is 0 Å². The summed E-state index contributed by atoms with van der Waals surface area (Å²) < 4.78 is 5.08. The van der Waals surface area contributed by atoms with E-state index in [0.29, 0.717) is 5.92 Å². The fourth-order valence-corrected chi connectivity index (χ4v) is 3.41. The lowest BCUT2D eigenvalue weighted by atomic mass is 9.72. The highest BCUT2D eigenvalue weighted by Gasteiger charge is 2.40. The van der Waals surface area contributed by atoms with E-state index in [1.807, 2.05) is 6.07 Å². The van der Waals surface area contributed by atoms with E-state index in [2.05, 4.69) is 13.8 Å². The van der Waals surface area contributed by atoms with Crippen molar-refractivity contribution in [3.05, 3.63) is 24.2 Å². The van der Waals surface area contributed by atoms with Gasteiger partial charge in [0.25, 0.3) is 0 Å². The van der Waals surface area contributed by atoms with Gasteiger partial charge in [-0.1, -0.05) is 26.7 Å². The minimum absolute atomic E-state index is 0.158. The molecule has 0 radical (unpaired) electrons. The summed E-state index contributed by atoms with van der Waals surface area (Å²) in [5.74, 6) is 0.659. The van der Waals surface area contributed by atoms with Gasteiger partial charge in [-0.05, 0) is 42.2 Å². The molecule has 1 N–H and O–H groups in total. The summed E-state index contributed by atoms with van der Waals surface area (Å²) in [6.45, 7) is 4.51. The van der Waals surface area contributed by atoms with Crippen LogP contribution in [0.3, 0.4) is 0 Å². The Hall–Kier alpha value is -0.760. The average molecular weight is 236 g/mol. The van der Waals surface area contributed by atoms with Crippen molar-refractivity contribution in [1.29, 1.82) is 0 Å². The highest BCUT2D eigenvalue weighted by molar-refractivity contribution is 5.09. The van der Waals surface area contributed by atoms with E-state index in [1.165, 1.54) is 25.7 Å². The predicted octanol–water partition coefficient (Wildman–Crippen LogP) is 3.79. The fraction of sp³-hybridized carbons (Fsp3) is 0.733. The Balaban J connectivity index is 2.05. The first-order chi connectivity index (χ1) is 8.12. The third-order valence-electron chi connectivity index (χ3n) is 4.13. The van der Waals surface area contributed by atoms with E-state index in [0.717, 1.165) is 18.4 Å². The van der Waals surface area contributed by atoms with Gasteiger partial charge in [0.1, 0.15) is 0 Å². The van der Waals surface area contributed by atoms with E-state index in [4.69, 9.17) is 4.42 Å². The van der Waals surface area contributed by atoms with Gasteiger partial charge in [-0.2, -0.15) is 0 Å². The number of aliphatic hydroxyl groups is 1. The maximum atomic E-state index is 10.6. The van der Waals surface area contributed by atoms with Gasteiger partial charge in [-0.3, -0.25) is 0 Å². The minimum atomic E-state index is -0.218. The van der Waals surface area contributed by atoms with E-state index in [-0.39, 0.29) is 11.5 Å². The van der Waals surface area contributed by atoms with Crippen molar-refractivity contribution in [2.45, 2.75) is 58.5 Å². The van der Waals surface area contributed by atoms with E-state index >= 15 is 0 Å². The number of rotatable bonds is 5. The molecule has 2 heteroatoms. The largest absolute Gasteiger partial charge is 0.472 e. The van der Waals surface area contributed by atoms with Crippen LogP contribution in [-0.4, -0.2) is 11.2 Å². The van der Waals surface area contributed by atoms with Gasteiger partial charge < -0.3 is 9.52 Å². The van der Waals surface area contributed by atoms with Crippen LogP contribution in [0, 0.1) is 11.3 Å². The fourth-order valence-electron chi connectivity index (χ4n) is 3.41. The Bertz CT molecular complexity index is 321. The molecule has 1 saturated carbocycles. The van der Waals surface area contributed by atoms with Crippen LogP contribution < -0.4 is 0 Å². The summed E-state index contributed by atoms with van der Waals surface area (Å²) in [7, 11) is 0. The first-order valence-corrected chi connectivity index (χ1v) is 6.81. The molecule has 0 amide bonds. The summed E-state index contributed by atoms with van der Waals surface area (Å²) in [5.41, 5.74) is 1.28. The third-order valence-corrected chi connectivity index (χ3v) is 4.13. The smallest absolute Gasteiger partial charge is 0.0935 e. The molecule has 0 saturated heterocycles. The Morgan fingerprint density at radius 3 is 2.59 bits per heavy atom.